The Bertz CT molecular complexity index is 1020. The second kappa shape index (κ2) is 7.72. The molecule has 0 spiro atoms. The predicted octanol–water partition coefficient (Wildman–Crippen LogP) is 3.97. The van der Waals surface area contributed by atoms with Gasteiger partial charge in [0.1, 0.15) is 24.0 Å². The van der Waals surface area contributed by atoms with Crippen LogP contribution in [0.25, 0.3) is 22.7 Å². The van der Waals surface area contributed by atoms with Gasteiger partial charge in [-0.3, -0.25) is 0 Å². The normalized spacial score (nSPS) is 12.2. The van der Waals surface area contributed by atoms with E-state index in [9.17, 15) is 15.2 Å². The van der Waals surface area contributed by atoms with Crippen molar-refractivity contribution in [3.8, 4) is 6.07 Å². The molecule has 2 aromatic heterocycles. The molecule has 0 atom stereocenters. The number of imidazole rings is 1. The number of H-pyrrole nitrogens is 1. The molecule has 3 rings (SSSR count). The first-order valence-electron chi connectivity index (χ1n) is 7.44. The lowest BCUT2D eigenvalue weighted by molar-refractivity contribution is -0.137. The van der Waals surface area contributed by atoms with Gasteiger partial charge in [0.25, 0.3) is 0 Å². The molecule has 1 aromatic carbocycles. The molecule has 130 valence electrons. The zero-order chi connectivity index (χ0) is 18.5. The zero-order valence-electron chi connectivity index (χ0n) is 13.3. The van der Waals surface area contributed by atoms with Crippen LogP contribution in [0.1, 0.15) is 11.6 Å². The van der Waals surface area contributed by atoms with Crippen LogP contribution in [-0.2, 0) is 9.53 Å². The number of aromatic nitrogens is 2. The maximum Gasteiger partial charge on any atom is 0.331 e. The van der Waals surface area contributed by atoms with Crippen LogP contribution in [0.2, 0.25) is 0 Å². The number of fused-ring (bicyclic) bond motifs is 1. The number of esters is 1. The lowest BCUT2D eigenvalue weighted by atomic mass is 10.2. The Morgan fingerprint density at radius 3 is 2.88 bits per heavy atom. The van der Waals surface area contributed by atoms with Crippen molar-refractivity contribution in [2.75, 3.05) is 6.61 Å². The van der Waals surface area contributed by atoms with Gasteiger partial charge >= 0.3 is 5.97 Å². The Hall–Kier alpha value is -3.31. The molecule has 0 radical (unpaired) electrons. The highest BCUT2D eigenvalue weighted by Crippen LogP contribution is 2.19. The number of aliphatic hydroxyl groups excluding tert-OH is 1. The first-order chi connectivity index (χ1) is 12.6. The van der Waals surface area contributed by atoms with E-state index < -0.39 is 18.3 Å². The minimum absolute atomic E-state index is 0.0899. The highest BCUT2D eigenvalue weighted by molar-refractivity contribution is 9.10. The standard InChI is InChI=1S/C18H12BrN3O4/c19-16-7-5-11(26-16)6-8-17(24)25-10-15(23)12(9-20)18-21-13-3-1-2-4-14(13)22-18/h1-8,23H,10H2,(H,21,22)/b8-6+,15-12-. The summed E-state index contributed by atoms with van der Waals surface area (Å²) in [6.07, 6.45) is 2.59. The van der Waals surface area contributed by atoms with Gasteiger partial charge in [-0.1, -0.05) is 12.1 Å². The minimum Gasteiger partial charge on any atom is -0.507 e. The third-order valence-corrected chi connectivity index (χ3v) is 3.78. The second-order valence-corrected chi connectivity index (χ2v) is 5.90. The van der Waals surface area contributed by atoms with E-state index in [2.05, 4.69) is 25.9 Å². The van der Waals surface area contributed by atoms with Crippen LogP contribution in [0.5, 0.6) is 0 Å². The summed E-state index contributed by atoms with van der Waals surface area (Å²) in [6, 6.07) is 12.4. The van der Waals surface area contributed by atoms with Crippen LogP contribution in [-0.4, -0.2) is 27.7 Å². The van der Waals surface area contributed by atoms with Gasteiger partial charge in [0, 0.05) is 6.08 Å². The number of carbonyl (C=O) groups excluding carboxylic acids is 1. The smallest absolute Gasteiger partial charge is 0.331 e. The number of furan rings is 1. The fraction of sp³-hybridized carbons (Fsp3) is 0.0556. The molecule has 26 heavy (non-hydrogen) atoms. The van der Waals surface area contributed by atoms with Crippen LogP contribution in [0.4, 0.5) is 0 Å². The van der Waals surface area contributed by atoms with Crippen molar-refractivity contribution < 1.29 is 19.1 Å². The van der Waals surface area contributed by atoms with Crippen molar-refractivity contribution in [1.82, 2.24) is 9.97 Å². The third-order valence-electron chi connectivity index (χ3n) is 3.36. The van der Waals surface area contributed by atoms with Crippen LogP contribution in [0.3, 0.4) is 0 Å². The van der Waals surface area contributed by atoms with Crippen molar-refractivity contribution in [3.63, 3.8) is 0 Å². The van der Waals surface area contributed by atoms with Crippen molar-refractivity contribution >= 4 is 44.6 Å². The quantitative estimate of drug-likeness (QED) is 0.283. The number of carbonyl (C=O) groups is 1. The second-order valence-electron chi connectivity index (χ2n) is 5.12. The van der Waals surface area contributed by atoms with Gasteiger partial charge in [0.15, 0.2) is 16.3 Å². The first-order valence-corrected chi connectivity index (χ1v) is 8.23. The molecule has 0 saturated heterocycles. The lowest BCUT2D eigenvalue weighted by Gasteiger charge is -2.03. The summed E-state index contributed by atoms with van der Waals surface area (Å²) in [5.41, 5.74) is 1.30. The summed E-state index contributed by atoms with van der Waals surface area (Å²) in [6.45, 7) is -0.453. The number of aromatic amines is 1. The number of nitriles is 1. The van der Waals surface area contributed by atoms with Gasteiger partial charge in [0.2, 0.25) is 0 Å². The number of nitrogens with one attached hydrogen (secondary N) is 1. The number of benzene rings is 1. The minimum atomic E-state index is -0.689. The van der Waals surface area contributed by atoms with Gasteiger partial charge in [-0.2, -0.15) is 5.26 Å². The highest BCUT2D eigenvalue weighted by Gasteiger charge is 2.14. The van der Waals surface area contributed by atoms with E-state index in [1.54, 1.807) is 24.3 Å². The Labute approximate surface area is 156 Å². The number of ether oxygens (including phenoxy) is 1. The molecule has 8 heteroatoms. The molecular formula is C18H12BrN3O4. The van der Waals surface area contributed by atoms with Gasteiger partial charge in [0.05, 0.1) is 11.0 Å². The number of hydrogen-bond acceptors (Lipinski definition) is 6. The van der Waals surface area contributed by atoms with E-state index in [0.29, 0.717) is 15.9 Å². The van der Waals surface area contributed by atoms with Crippen molar-refractivity contribution in [2.45, 2.75) is 0 Å². The van der Waals surface area contributed by atoms with E-state index >= 15 is 0 Å². The maximum absolute atomic E-state index is 11.7. The van der Waals surface area contributed by atoms with Crippen LogP contribution >= 0.6 is 15.9 Å². The Morgan fingerprint density at radius 2 is 2.19 bits per heavy atom. The zero-order valence-corrected chi connectivity index (χ0v) is 14.9. The van der Waals surface area contributed by atoms with Crippen molar-refractivity contribution in [2.24, 2.45) is 0 Å². The van der Waals surface area contributed by atoms with Gasteiger partial charge in [-0.05, 0) is 46.3 Å². The van der Waals surface area contributed by atoms with Crippen LogP contribution < -0.4 is 0 Å². The molecule has 0 aliphatic carbocycles. The summed E-state index contributed by atoms with van der Waals surface area (Å²) in [7, 11) is 0. The Kier molecular flexibility index (Phi) is 5.20. The average molecular weight is 414 g/mol. The molecule has 0 saturated carbocycles. The maximum atomic E-state index is 11.7. The molecule has 0 aliphatic rings. The summed E-state index contributed by atoms with van der Waals surface area (Å²) in [5.74, 6) is -0.410. The fourth-order valence-electron chi connectivity index (χ4n) is 2.15. The summed E-state index contributed by atoms with van der Waals surface area (Å²) < 4.78 is 10.7. The Balaban J connectivity index is 1.69. The highest BCUT2D eigenvalue weighted by atomic mass is 79.9. The lowest BCUT2D eigenvalue weighted by Crippen LogP contribution is -2.06. The number of allylic oxidation sites excluding steroid dienone is 1. The molecule has 2 heterocycles. The molecule has 0 amide bonds. The van der Waals surface area contributed by atoms with E-state index in [-0.39, 0.29) is 11.4 Å². The van der Waals surface area contributed by atoms with E-state index in [4.69, 9.17) is 9.15 Å². The summed E-state index contributed by atoms with van der Waals surface area (Å²) in [5, 5.41) is 19.4. The van der Waals surface area contributed by atoms with Crippen molar-refractivity contribution in [3.05, 3.63) is 64.5 Å². The van der Waals surface area contributed by atoms with Gasteiger partial charge in [-0.25, -0.2) is 9.78 Å². The molecule has 3 aromatic rings. The van der Waals surface area contributed by atoms with E-state index in [1.165, 1.54) is 6.08 Å². The number of hydrogen-bond donors (Lipinski definition) is 2. The summed E-state index contributed by atoms with van der Waals surface area (Å²) in [4.78, 5) is 18.9. The predicted molar refractivity (Wildman–Crippen MR) is 97.7 cm³/mol. The fourth-order valence-corrected chi connectivity index (χ4v) is 2.47. The first kappa shape index (κ1) is 17.5. The number of nitrogens with zero attached hydrogens (tertiary/aromatic N) is 2. The van der Waals surface area contributed by atoms with Crippen LogP contribution in [0, 0.1) is 11.3 Å². The molecule has 0 fully saturated rings. The molecule has 0 unspecified atom stereocenters. The largest absolute Gasteiger partial charge is 0.507 e. The van der Waals surface area contributed by atoms with Crippen molar-refractivity contribution in [1.29, 1.82) is 5.26 Å². The van der Waals surface area contributed by atoms with Gasteiger partial charge < -0.3 is 19.2 Å². The molecule has 7 nitrogen and oxygen atoms in total. The topological polar surface area (TPSA) is 112 Å². The molecule has 0 aliphatic heterocycles. The SMILES string of the molecule is N#C/C(=C(/O)COC(=O)/C=C/c1ccc(Br)o1)c1nc2ccccc2[nH]1. The summed E-state index contributed by atoms with van der Waals surface area (Å²) >= 11 is 3.15. The van der Waals surface area contributed by atoms with E-state index in [1.807, 2.05) is 18.2 Å². The molecular weight excluding hydrogens is 402 g/mol. The van der Waals surface area contributed by atoms with E-state index in [0.717, 1.165) is 11.6 Å². The third kappa shape index (κ3) is 4.02. The monoisotopic (exact) mass is 413 g/mol. The van der Waals surface area contributed by atoms with Gasteiger partial charge in [-0.15, -0.1) is 0 Å². The number of halogens is 1. The Morgan fingerprint density at radius 1 is 1.38 bits per heavy atom. The number of rotatable bonds is 5. The van der Waals surface area contributed by atoms with Crippen LogP contribution in [0.15, 0.2) is 57.3 Å². The number of para-hydroxylation sites is 2. The molecule has 2 N–H and O–H groups in total. The average Bonchev–Trinajstić information content (AvgIpc) is 3.24. The molecule has 0 bridgehead atoms. The number of aliphatic hydroxyl groups is 1.